The van der Waals surface area contributed by atoms with E-state index in [0.29, 0.717) is 0 Å². The van der Waals surface area contributed by atoms with Crippen molar-refractivity contribution >= 4 is 17.6 Å². The highest BCUT2D eigenvalue weighted by molar-refractivity contribution is 6.31. The van der Waals surface area contributed by atoms with Gasteiger partial charge in [-0.3, -0.25) is 10.1 Å². The summed E-state index contributed by atoms with van der Waals surface area (Å²) in [5.74, 6) is -1.72. The topological polar surface area (TPSA) is 69.6 Å². The van der Waals surface area contributed by atoms with Crippen LogP contribution in [0, 0.1) is 5.82 Å². The quantitative estimate of drug-likeness (QED) is 0.749. The Kier molecular flexibility index (Phi) is 4.86. The molecular formula is C11H13ClFNO3. The molecule has 4 nitrogen and oxygen atoms in total. The van der Waals surface area contributed by atoms with Crippen LogP contribution in [0.3, 0.4) is 0 Å². The number of halogens is 2. The molecule has 0 bridgehead atoms. The minimum atomic E-state index is -1.20. The minimum Gasteiger partial charge on any atom is -0.480 e. The zero-order valence-corrected chi connectivity index (χ0v) is 9.91. The Morgan fingerprint density at radius 1 is 1.59 bits per heavy atom. The normalized spacial score (nSPS) is 14.4. The van der Waals surface area contributed by atoms with Gasteiger partial charge in [-0.2, -0.15) is 0 Å². The number of carboxylic acids is 1. The molecule has 0 heterocycles. The van der Waals surface area contributed by atoms with Crippen molar-refractivity contribution < 1.29 is 19.4 Å². The first kappa shape index (κ1) is 13.9. The molecule has 0 aromatic heterocycles. The van der Waals surface area contributed by atoms with Crippen LogP contribution in [0.2, 0.25) is 5.02 Å². The summed E-state index contributed by atoms with van der Waals surface area (Å²) in [6.07, 6.45) is -1.09. The third-order valence-corrected chi connectivity index (χ3v) is 2.66. The van der Waals surface area contributed by atoms with E-state index >= 15 is 0 Å². The summed E-state index contributed by atoms with van der Waals surface area (Å²) in [4.78, 5) is 10.8. The number of aliphatic hydroxyl groups is 1. The van der Waals surface area contributed by atoms with Crippen molar-refractivity contribution in [2.75, 3.05) is 0 Å². The molecule has 0 saturated carbocycles. The van der Waals surface area contributed by atoms with Gasteiger partial charge in [-0.15, -0.1) is 0 Å². The summed E-state index contributed by atoms with van der Waals surface area (Å²) < 4.78 is 13.4. The van der Waals surface area contributed by atoms with E-state index in [1.807, 2.05) is 0 Å². The van der Waals surface area contributed by atoms with Gasteiger partial charge >= 0.3 is 5.97 Å². The van der Waals surface area contributed by atoms with Crippen LogP contribution in [0.4, 0.5) is 4.39 Å². The van der Waals surface area contributed by atoms with Gasteiger partial charge < -0.3 is 10.2 Å². The van der Waals surface area contributed by atoms with Crippen LogP contribution in [-0.2, 0) is 11.3 Å². The van der Waals surface area contributed by atoms with Crippen molar-refractivity contribution in [2.45, 2.75) is 25.6 Å². The highest BCUT2D eigenvalue weighted by Gasteiger charge is 2.22. The maximum Gasteiger partial charge on any atom is 0.323 e. The largest absolute Gasteiger partial charge is 0.480 e. The van der Waals surface area contributed by atoms with E-state index in [4.69, 9.17) is 16.7 Å². The van der Waals surface area contributed by atoms with Crippen LogP contribution in [0.15, 0.2) is 18.2 Å². The molecule has 6 heteroatoms. The Balaban J connectivity index is 2.75. The lowest BCUT2D eigenvalue weighted by molar-refractivity contribution is -0.142. The first-order valence-corrected chi connectivity index (χ1v) is 5.38. The second-order valence-corrected chi connectivity index (χ2v) is 4.04. The summed E-state index contributed by atoms with van der Waals surface area (Å²) in [5.41, 5.74) is 0.182. The van der Waals surface area contributed by atoms with E-state index < -0.39 is 23.9 Å². The molecule has 0 aliphatic heterocycles. The summed E-state index contributed by atoms with van der Waals surface area (Å²) in [5, 5.41) is 20.8. The first-order chi connectivity index (χ1) is 7.93. The second kappa shape index (κ2) is 5.95. The highest BCUT2D eigenvalue weighted by Crippen LogP contribution is 2.18. The number of hydrogen-bond donors (Lipinski definition) is 3. The third kappa shape index (κ3) is 3.66. The maximum absolute atomic E-state index is 13.4. The Morgan fingerprint density at radius 3 is 2.71 bits per heavy atom. The van der Waals surface area contributed by atoms with Crippen LogP contribution in [0.1, 0.15) is 12.5 Å². The van der Waals surface area contributed by atoms with E-state index in [1.165, 1.54) is 25.1 Å². The van der Waals surface area contributed by atoms with Gasteiger partial charge in [-0.05, 0) is 19.1 Å². The van der Waals surface area contributed by atoms with Crippen molar-refractivity contribution in [2.24, 2.45) is 0 Å². The lowest BCUT2D eigenvalue weighted by Gasteiger charge is -2.17. The molecule has 0 saturated heterocycles. The number of carbonyl (C=O) groups is 1. The van der Waals surface area contributed by atoms with Crippen molar-refractivity contribution in [1.29, 1.82) is 0 Å². The molecule has 0 amide bonds. The zero-order valence-electron chi connectivity index (χ0n) is 9.15. The number of hydrogen-bond acceptors (Lipinski definition) is 3. The van der Waals surface area contributed by atoms with Gasteiger partial charge in [0, 0.05) is 17.1 Å². The number of nitrogens with one attached hydrogen (secondary N) is 1. The summed E-state index contributed by atoms with van der Waals surface area (Å²) in [6.45, 7) is 1.28. The van der Waals surface area contributed by atoms with E-state index in [0.717, 1.165) is 0 Å². The lowest BCUT2D eigenvalue weighted by Crippen LogP contribution is -2.44. The molecule has 2 atom stereocenters. The molecule has 2 unspecified atom stereocenters. The average molecular weight is 262 g/mol. The molecule has 0 radical (unpaired) electrons. The fourth-order valence-corrected chi connectivity index (χ4v) is 1.61. The van der Waals surface area contributed by atoms with Gasteiger partial charge in [0.1, 0.15) is 11.9 Å². The van der Waals surface area contributed by atoms with Crippen molar-refractivity contribution in [3.63, 3.8) is 0 Å². The van der Waals surface area contributed by atoms with Crippen molar-refractivity contribution in [3.8, 4) is 0 Å². The third-order valence-electron chi connectivity index (χ3n) is 2.31. The summed E-state index contributed by atoms with van der Waals surface area (Å²) in [6, 6.07) is 3.05. The molecule has 17 heavy (non-hydrogen) atoms. The van der Waals surface area contributed by atoms with Gasteiger partial charge in [0.25, 0.3) is 0 Å². The molecule has 3 N–H and O–H groups in total. The van der Waals surface area contributed by atoms with Crippen LogP contribution in [0.5, 0.6) is 0 Å². The Hall–Kier alpha value is -1.17. The molecule has 1 aromatic rings. The van der Waals surface area contributed by atoms with Crippen LogP contribution >= 0.6 is 11.6 Å². The van der Waals surface area contributed by atoms with E-state index in [-0.39, 0.29) is 17.1 Å². The molecule has 0 spiro atoms. The predicted octanol–water partition coefficient (Wildman–Crippen LogP) is 1.40. The van der Waals surface area contributed by atoms with Gasteiger partial charge in [0.15, 0.2) is 0 Å². The number of aliphatic hydroxyl groups excluding tert-OH is 1. The fourth-order valence-electron chi connectivity index (χ4n) is 1.38. The molecule has 1 aromatic carbocycles. The van der Waals surface area contributed by atoms with E-state index in [9.17, 15) is 14.3 Å². The molecular weight excluding hydrogens is 249 g/mol. The zero-order chi connectivity index (χ0) is 13.0. The molecule has 94 valence electrons. The second-order valence-electron chi connectivity index (χ2n) is 3.64. The maximum atomic E-state index is 13.4. The molecule has 0 aliphatic rings. The van der Waals surface area contributed by atoms with Gasteiger partial charge in [0.2, 0.25) is 0 Å². The van der Waals surface area contributed by atoms with Gasteiger partial charge in [-0.25, -0.2) is 4.39 Å². The minimum absolute atomic E-state index is 0.0621. The van der Waals surface area contributed by atoms with Gasteiger partial charge in [-0.1, -0.05) is 17.7 Å². The predicted molar refractivity (Wildman–Crippen MR) is 61.4 cm³/mol. The molecule has 0 fully saturated rings. The first-order valence-electron chi connectivity index (χ1n) is 5.00. The lowest BCUT2D eigenvalue weighted by atomic mass is 10.1. The Morgan fingerprint density at radius 2 is 2.24 bits per heavy atom. The fraction of sp³-hybridized carbons (Fsp3) is 0.364. The van der Waals surface area contributed by atoms with Crippen LogP contribution in [-0.4, -0.2) is 28.3 Å². The monoisotopic (exact) mass is 261 g/mol. The summed E-state index contributed by atoms with van der Waals surface area (Å²) >= 11 is 5.78. The molecule has 1 rings (SSSR count). The Labute approximate surface area is 103 Å². The number of rotatable bonds is 5. The number of carboxylic acid groups (broad SMARTS) is 1. The van der Waals surface area contributed by atoms with Crippen molar-refractivity contribution in [3.05, 3.63) is 34.6 Å². The van der Waals surface area contributed by atoms with Gasteiger partial charge in [0.05, 0.1) is 6.10 Å². The number of aliphatic carboxylic acids is 1. The van der Waals surface area contributed by atoms with Crippen molar-refractivity contribution in [1.82, 2.24) is 5.32 Å². The number of benzene rings is 1. The standard InChI is InChI=1S/C11H13ClFNO3/c1-6(15)10(11(16)17)14-5-7-8(12)3-2-4-9(7)13/h2-4,6,10,14-15H,5H2,1H3,(H,16,17). The SMILES string of the molecule is CC(O)C(NCc1c(F)cccc1Cl)C(=O)O. The van der Waals surface area contributed by atoms with E-state index in [1.54, 1.807) is 0 Å². The highest BCUT2D eigenvalue weighted by atomic mass is 35.5. The summed E-state index contributed by atoms with van der Waals surface area (Å²) in [7, 11) is 0. The smallest absolute Gasteiger partial charge is 0.323 e. The molecule has 0 aliphatic carbocycles. The average Bonchev–Trinajstić information content (AvgIpc) is 2.21. The van der Waals surface area contributed by atoms with E-state index in [2.05, 4.69) is 5.32 Å². The Bertz CT molecular complexity index is 391. The van der Waals surface area contributed by atoms with Crippen LogP contribution in [0.25, 0.3) is 0 Å². The van der Waals surface area contributed by atoms with Crippen LogP contribution < -0.4 is 5.32 Å².